The molecule has 5 nitrogen and oxygen atoms in total. The third-order valence-corrected chi connectivity index (χ3v) is 5.82. The molecule has 0 aliphatic heterocycles. The van der Waals surface area contributed by atoms with E-state index in [1.54, 1.807) is 12.5 Å². The molecule has 0 aliphatic rings. The van der Waals surface area contributed by atoms with Gasteiger partial charge in [-0.15, -0.1) is 11.3 Å². The molecule has 5 aromatic rings. The largest absolute Gasteiger partial charge is 0.454 e. The standard InChI is InChI=1S/C23H18F2N4OS/c24-17-6-7-19(18(25)13-17)27-23-29(10-3-9-28-11-8-26-15-28)20(14-31-23)22-12-16-4-1-2-5-21(16)30-22/h1-2,4-8,11-15H,3,9-10H2. The third kappa shape index (κ3) is 4.06. The maximum absolute atomic E-state index is 14.2. The summed E-state index contributed by atoms with van der Waals surface area (Å²) in [4.78, 5) is 9.16. The van der Waals surface area contributed by atoms with Crippen molar-refractivity contribution in [3.05, 3.63) is 89.1 Å². The molecule has 0 spiro atoms. The quantitative estimate of drug-likeness (QED) is 0.340. The van der Waals surface area contributed by atoms with Gasteiger partial charge in [0.1, 0.15) is 17.1 Å². The van der Waals surface area contributed by atoms with Crippen LogP contribution in [0.5, 0.6) is 0 Å². The van der Waals surface area contributed by atoms with Crippen molar-refractivity contribution >= 4 is 28.0 Å². The number of hydrogen-bond donors (Lipinski definition) is 0. The zero-order valence-electron chi connectivity index (χ0n) is 16.4. The first kappa shape index (κ1) is 19.4. The van der Waals surface area contributed by atoms with Gasteiger partial charge >= 0.3 is 0 Å². The van der Waals surface area contributed by atoms with Crippen molar-refractivity contribution in [2.24, 2.45) is 4.99 Å². The van der Waals surface area contributed by atoms with Crippen LogP contribution in [-0.2, 0) is 13.1 Å². The van der Waals surface area contributed by atoms with Crippen molar-refractivity contribution in [3.63, 3.8) is 0 Å². The molecule has 3 aromatic heterocycles. The van der Waals surface area contributed by atoms with Crippen LogP contribution in [0.4, 0.5) is 14.5 Å². The Hall–Kier alpha value is -3.52. The number of fused-ring (bicyclic) bond motifs is 1. The lowest BCUT2D eigenvalue weighted by molar-refractivity contribution is 0.548. The molecule has 0 saturated carbocycles. The first-order valence-corrected chi connectivity index (χ1v) is 10.7. The van der Waals surface area contributed by atoms with E-state index in [1.165, 1.54) is 23.5 Å². The number of hydrogen-bond acceptors (Lipinski definition) is 4. The molecule has 8 heteroatoms. The maximum atomic E-state index is 14.2. The Morgan fingerprint density at radius 2 is 1.97 bits per heavy atom. The highest BCUT2D eigenvalue weighted by atomic mass is 32.1. The molecule has 156 valence electrons. The first-order chi connectivity index (χ1) is 15.2. The summed E-state index contributed by atoms with van der Waals surface area (Å²) in [7, 11) is 0. The van der Waals surface area contributed by atoms with E-state index in [2.05, 4.69) is 9.98 Å². The smallest absolute Gasteiger partial charge is 0.190 e. The topological polar surface area (TPSA) is 48.2 Å². The second-order valence-corrected chi connectivity index (χ2v) is 7.90. The lowest BCUT2D eigenvalue weighted by atomic mass is 10.2. The Morgan fingerprint density at radius 3 is 2.77 bits per heavy atom. The van der Waals surface area contributed by atoms with Crippen molar-refractivity contribution < 1.29 is 13.2 Å². The number of nitrogens with zero attached hydrogens (tertiary/aromatic N) is 4. The van der Waals surface area contributed by atoms with Gasteiger partial charge in [-0.1, -0.05) is 18.2 Å². The second-order valence-electron chi connectivity index (χ2n) is 7.07. The minimum atomic E-state index is -0.691. The molecule has 0 saturated heterocycles. The fourth-order valence-electron chi connectivity index (χ4n) is 3.45. The molecule has 2 aromatic carbocycles. The third-order valence-electron chi connectivity index (χ3n) is 4.96. The minimum absolute atomic E-state index is 0.0998. The number of aromatic nitrogens is 3. The van der Waals surface area contributed by atoms with Crippen LogP contribution in [0.1, 0.15) is 6.42 Å². The Balaban J connectivity index is 1.56. The van der Waals surface area contributed by atoms with E-state index in [0.717, 1.165) is 41.5 Å². The summed E-state index contributed by atoms with van der Waals surface area (Å²) in [5.41, 5.74) is 1.77. The molecule has 0 aliphatic carbocycles. The van der Waals surface area contributed by atoms with E-state index in [-0.39, 0.29) is 5.69 Å². The van der Waals surface area contributed by atoms with Crippen LogP contribution in [0.3, 0.4) is 0 Å². The van der Waals surface area contributed by atoms with Gasteiger partial charge < -0.3 is 13.6 Å². The lowest BCUT2D eigenvalue weighted by Gasteiger charge is -2.08. The van der Waals surface area contributed by atoms with Gasteiger partial charge in [0.25, 0.3) is 0 Å². The van der Waals surface area contributed by atoms with Gasteiger partial charge in [0.15, 0.2) is 16.4 Å². The molecule has 0 radical (unpaired) electrons. The van der Waals surface area contributed by atoms with Gasteiger partial charge in [-0.2, -0.15) is 0 Å². The number of imidazole rings is 1. The van der Waals surface area contributed by atoms with Crippen LogP contribution in [0.25, 0.3) is 22.4 Å². The van der Waals surface area contributed by atoms with E-state index >= 15 is 0 Å². The number of rotatable bonds is 6. The second kappa shape index (κ2) is 8.31. The highest BCUT2D eigenvalue weighted by molar-refractivity contribution is 7.07. The number of furan rings is 1. The Bertz CT molecular complexity index is 1370. The van der Waals surface area contributed by atoms with Crippen LogP contribution in [0.15, 0.2) is 82.0 Å². The molecule has 0 unspecified atom stereocenters. The normalized spacial score (nSPS) is 12.1. The van der Waals surface area contributed by atoms with Gasteiger partial charge in [-0.25, -0.2) is 18.8 Å². The van der Waals surface area contributed by atoms with Gasteiger partial charge in [-0.05, 0) is 30.7 Å². The summed E-state index contributed by atoms with van der Waals surface area (Å²) >= 11 is 1.39. The predicted octanol–water partition coefficient (Wildman–Crippen LogP) is 5.76. The van der Waals surface area contributed by atoms with Crippen LogP contribution in [0, 0.1) is 11.6 Å². The SMILES string of the molecule is Fc1ccc(N=c2scc(-c3cc4ccccc4o3)n2CCCn2ccnc2)c(F)c1. The van der Waals surface area contributed by atoms with Gasteiger partial charge in [0.05, 0.1) is 12.0 Å². The van der Waals surface area contributed by atoms with Gasteiger partial charge in [0.2, 0.25) is 0 Å². The summed E-state index contributed by atoms with van der Waals surface area (Å²) in [5.74, 6) is -0.594. The van der Waals surface area contributed by atoms with E-state index in [0.29, 0.717) is 11.3 Å². The molecule has 0 N–H and O–H groups in total. The predicted molar refractivity (Wildman–Crippen MR) is 116 cm³/mol. The van der Waals surface area contributed by atoms with E-state index in [1.807, 2.05) is 51.0 Å². The highest BCUT2D eigenvalue weighted by Gasteiger charge is 2.14. The van der Waals surface area contributed by atoms with Crippen molar-refractivity contribution in [3.8, 4) is 11.5 Å². The number of halogens is 2. The minimum Gasteiger partial charge on any atom is -0.454 e. The van der Waals surface area contributed by atoms with Crippen molar-refractivity contribution in [1.29, 1.82) is 0 Å². The zero-order valence-corrected chi connectivity index (χ0v) is 17.2. The number of para-hydroxylation sites is 1. The van der Waals surface area contributed by atoms with E-state index in [9.17, 15) is 8.78 Å². The summed E-state index contributed by atoms with van der Waals surface area (Å²) < 4.78 is 37.6. The average molecular weight is 436 g/mol. The Labute approximate surface area is 180 Å². The lowest BCUT2D eigenvalue weighted by Crippen LogP contribution is -2.17. The molecule has 0 bridgehead atoms. The molecule has 0 amide bonds. The Kier molecular flexibility index (Phi) is 5.21. The average Bonchev–Trinajstić information content (AvgIpc) is 3.50. The molecular formula is C23H18F2N4OS. The number of thiazole rings is 1. The van der Waals surface area contributed by atoms with Crippen molar-refractivity contribution in [2.75, 3.05) is 0 Å². The highest BCUT2D eigenvalue weighted by Crippen LogP contribution is 2.28. The fourth-order valence-corrected chi connectivity index (χ4v) is 4.37. The summed E-state index contributed by atoms with van der Waals surface area (Å²) in [6, 6.07) is 13.2. The first-order valence-electron chi connectivity index (χ1n) is 9.80. The molecule has 0 atom stereocenters. The monoisotopic (exact) mass is 436 g/mol. The molecule has 5 rings (SSSR count). The van der Waals surface area contributed by atoms with Crippen molar-refractivity contribution in [1.82, 2.24) is 14.1 Å². The van der Waals surface area contributed by atoms with Crippen LogP contribution in [-0.4, -0.2) is 14.1 Å². The number of benzene rings is 2. The zero-order chi connectivity index (χ0) is 21.2. The van der Waals surface area contributed by atoms with E-state index in [4.69, 9.17) is 4.42 Å². The summed E-state index contributed by atoms with van der Waals surface area (Å²) in [6.45, 7) is 1.43. The molecule has 31 heavy (non-hydrogen) atoms. The summed E-state index contributed by atoms with van der Waals surface area (Å²) in [5, 5.41) is 2.96. The Morgan fingerprint density at radius 1 is 1.06 bits per heavy atom. The molecule has 3 heterocycles. The number of aryl methyl sites for hydroxylation is 1. The van der Waals surface area contributed by atoms with Crippen LogP contribution < -0.4 is 4.80 Å². The molecular weight excluding hydrogens is 418 g/mol. The van der Waals surface area contributed by atoms with Crippen LogP contribution >= 0.6 is 11.3 Å². The van der Waals surface area contributed by atoms with Gasteiger partial charge in [-0.3, -0.25) is 0 Å². The maximum Gasteiger partial charge on any atom is 0.190 e. The van der Waals surface area contributed by atoms with Crippen molar-refractivity contribution in [2.45, 2.75) is 19.5 Å². The fraction of sp³-hybridized carbons (Fsp3) is 0.130. The van der Waals surface area contributed by atoms with Gasteiger partial charge in [0, 0.05) is 42.3 Å². The van der Waals surface area contributed by atoms with E-state index < -0.39 is 11.6 Å². The molecule has 0 fully saturated rings. The van der Waals surface area contributed by atoms with Crippen LogP contribution in [0.2, 0.25) is 0 Å². The summed E-state index contributed by atoms with van der Waals surface area (Å²) in [6.07, 6.45) is 6.25.